The molecule has 1 aromatic heterocycles. The zero-order valence-corrected chi connectivity index (χ0v) is 23.0. The minimum atomic E-state index is -0.302. The number of aromatic nitrogens is 2. The average molecular weight is 538 g/mol. The summed E-state index contributed by atoms with van der Waals surface area (Å²) in [6.07, 6.45) is 4.06. The van der Waals surface area contributed by atoms with Crippen molar-refractivity contribution in [2.75, 3.05) is 33.0 Å². The van der Waals surface area contributed by atoms with Crippen molar-refractivity contribution in [3.63, 3.8) is 0 Å². The van der Waals surface area contributed by atoms with Gasteiger partial charge in [0, 0.05) is 18.2 Å². The Bertz CT molecular complexity index is 1290. The van der Waals surface area contributed by atoms with E-state index < -0.39 is 0 Å². The molecule has 2 aromatic carbocycles. The normalized spacial score (nSPS) is 20.2. The molecule has 4 heterocycles. The van der Waals surface area contributed by atoms with E-state index in [2.05, 4.69) is 59.7 Å². The summed E-state index contributed by atoms with van der Waals surface area (Å²) in [7, 11) is 0. The molecule has 0 radical (unpaired) electrons. The van der Waals surface area contributed by atoms with Gasteiger partial charge in [-0.2, -0.15) is 0 Å². The van der Waals surface area contributed by atoms with Gasteiger partial charge in [0.1, 0.15) is 19.0 Å². The number of ether oxygens (including phenoxy) is 4. The molecular weight excluding hydrogens is 502 g/mol. The number of benzene rings is 2. The molecule has 8 heteroatoms. The second-order valence-electron chi connectivity index (χ2n) is 10.3. The maximum absolute atomic E-state index is 6.94. The SMILES string of the molecule is CCc1ccccc1-c1nc(Cl)c(CN2CCCCC2c2cc3c(cc2C)OCCO3)n1CC1OCCO1. The number of likely N-dealkylation sites (tertiary alicyclic amines) is 1. The quantitative estimate of drug-likeness (QED) is 0.371. The molecule has 0 aliphatic carbocycles. The predicted molar refractivity (Wildman–Crippen MR) is 147 cm³/mol. The van der Waals surface area contributed by atoms with E-state index in [1.807, 2.05) is 0 Å². The van der Waals surface area contributed by atoms with Crippen molar-refractivity contribution in [1.82, 2.24) is 14.5 Å². The first kappa shape index (κ1) is 25.7. The van der Waals surface area contributed by atoms with E-state index in [1.165, 1.54) is 23.1 Å². The number of nitrogens with zero attached hydrogens (tertiary/aromatic N) is 3. The van der Waals surface area contributed by atoms with Gasteiger partial charge in [-0.25, -0.2) is 4.98 Å². The number of imidazole rings is 1. The Balaban J connectivity index is 1.37. The molecular formula is C30H36ClN3O4. The number of rotatable bonds is 7. The summed E-state index contributed by atoms with van der Waals surface area (Å²) in [5, 5.41) is 0.548. The predicted octanol–water partition coefficient (Wildman–Crippen LogP) is 5.95. The molecule has 3 aliphatic heterocycles. The summed E-state index contributed by atoms with van der Waals surface area (Å²) in [5.41, 5.74) is 5.90. The highest BCUT2D eigenvalue weighted by molar-refractivity contribution is 6.30. The zero-order valence-electron chi connectivity index (χ0n) is 22.2. The Labute approximate surface area is 229 Å². The molecule has 2 saturated heterocycles. The van der Waals surface area contributed by atoms with Crippen molar-refractivity contribution in [1.29, 1.82) is 0 Å². The summed E-state index contributed by atoms with van der Waals surface area (Å²) in [6, 6.07) is 13.0. The minimum absolute atomic E-state index is 0.268. The Morgan fingerprint density at radius 2 is 1.76 bits per heavy atom. The largest absolute Gasteiger partial charge is 0.486 e. The summed E-state index contributed by atoms with van der Waals surface area (Å²) < 4.78 is 25.7. The summed E-state index contributed by atoms with van der Waals surface area (Å²) >= 11 is 6.94. The molecule has 6 rings (SSSR count). The lowest BCUT2D eigenvalue weighted by atomic mass is 9.91. The molecule has 1 atom stereocenters. The van der Waals surface area contributed by atoms with E-state index in [0.29, 0.717) is 44.7 Å². The second-order valence-corrected chi connectivity index (χ2v) is 10.7. The van der Waals surface area contributed by atoms with E-state index in [9.17, 15) is 0 Å². The van der Waals surface area contributed by atoms with Crippen molar-refractivity contribution in [3.8, 4) is 22.9 Å². The molecule has 3 aliphatic rings. The fourth-order valence-electron chi connectivity index (χ4n) is 6.01. The van der Waals surface area contributed by atoms with Crippen LogP contribution in [-0.2, 0) is 29.0 Å². The molecule has 0 bridgehead atoms. The summed E-state index contributed by atoms with van der Waals surface area (Å²) in [5.74, 6) is 2.57. The maximum Gasteiger partial charge on any atom is 0.175 e. The molecule has 2 fully saturated rings. The van der Waals surface area contributed by atoms with Gasteiger partial charge in [-0.05, 0) is 61.6 Å². The van der Waals surface area contributed by atoms with Crippen LogP contribution in [0.1, 0.15) is 54.6 Å². The van der Waals surface area contributed by atoms with Crippen LogP contribution in [0.3, 0.4) is 0 Å². The Morgan fingerprint density at radius 1 is 1.00 bits per heavy atom. The van der Waals surface area contributed by atoms with Crippen LogP contribution in [0.25, 0.3) is 11.4 Å². The molecule has 202 valence electrons. The van der Waals surface area contributed by atoms with Gasteiger partial charge in [-0.3, -0.25) is 4.90 Å². The highest BCUT2D eigenvalue weighted by Gasteiger charge is 2.31. The Hall–Kier alpha value is -2.58. The Morgan fingerprint density at radius 3 is 2.55 bits per heavy atom. The van der Waals surface area contributed by atoms with E-state index in [0.717, 1.165) is 54.4 Å². The lowest BCUT2D eigenvalue weighted by Crippen LogP contribution is -2.34. The van der Waals surface area contributed by atoms with Gasteiger partial charge in [0.2, 0.25) is 0 Å². The van der Waals surface area contributed by atoms with Crippen LogP contribution in [0, 0.1) is 6.92 Å². The second kappa shape index (κ2) is 11.3. The molecule has 38 heavy (non-hydrogen) atoms. The first-order valence-electron chi connectivity index (χ1n) is 13.8. The smallest absolute Gasteiger partial charge is 0.175 e. The van der Waals surface area contributed by atoms with Gasteiger partial charge >= 0.3 is 0 Å². The third kappa shape index (κ3) is 5.05. The van der Waals surface area contributed by atoms with Crippen LogP contribution in [0.2, 0.25) is 5.15 Å². The highest BCUT2D eigenvalue weighted by Crippen LogP contribution is 2.41. The molecule has 0 N–H and O–H groups in total. The van der Waals surface area contributed by atoms with Gasteiger partial charge in [0.25, 0.3) is 0 Å². The molecule has 0 amide bonds. The number of hydrogen-bond acceptors (Lipinski definition) is 6. The number of hydrogen-bond donors (Lipinski definition) is 0. The number of halogens is 1. The first-order chi connectivity index (χ1) is 18.6. The van der Waals surface area contributed by atoms with Gasteiger partial charge < -0.3 is 23.5 Å². The Kier molecular flexibility index (Phi) is 7.61. The first-order valence-corrected chi connectivity index (χ1v) is 14.2. The van der Waals surface area contributed by atoms with Crippen molar-refractivity contribution >= 4 is 11.6 Å². The van der Waals surface area contributed by atoms with Crippen LogP contribution in [0.4, 0.5) is 0 Å². The average Bonchev–Trinajstić information content (AvgIpc) is 3.57. The number of aryl methyl sites for hydroxylation is 2. The van der Waals surface area contributed by atoms with Crippen LogP contribution >= 0.6 is 11.6 Å². The maximum atomic E-state index is 6.94. The lowest BCUT2D eigenvalue weighted by molar-refractivity contribution is -0.0529. The van der Waals surface area contributed by atoms with Crippen LogP contribution in [0.15, 0.2) is 36.4 Å². The number of piperidine rings is 1. The fourth-order valence-corrected chi connectivity index (χ4v) is 6.25. The highest BCUT2D eigenvalue weighted by atomic mass is 35.5. The molecule has 1 unspecified atom stereocenters. The molecule has 3 aromatic rings. The summed E-state index contributed by atoms with van der Waals surface area (Å²) in [6.45, 7) is 9.01. The van der Waals surface area contributed by atoms with Gasteiger partial charge in [-0.1, -0.05) is 49.2 Å². The van der Waals surface area contributed by atoms with Crippen molar-refractivity contribution in [2.24, 2.45) is 0 Å². The molecule has 7 nitrogen and oxygen atoms in total. The van der Waals surface area contributed by atoms with Crippen molar-refractivity contribution in [3.05, 3.63) is 63.9 Å². The number of fused-ring (bicyclic) bond motifs is 1. The van der Waals surface area contributed by atoms with Crippen LogP contribution < -0.4 is 9.47 Å². The molecule has 0 spiro atoms. The van der Waals surface area contributed by atoms with E-state index >= 15 is 0 Å². The zero-order chi connectivity index (χ0) is 26.1. The van der Waals surface area contributed by atoms with Crippen molar-refractivity contribution in [2.45, 2.75) is 65.0 Å². The van der Waals surface area contributed by atoms with Gasteiger partial charge in [-0.15, -0.1) is 0 Å². The standard InChI is InChI=1S/C30H36ClN3O4/c1-3-21-8-4-5-9-22(21)30-32-29(31)25(34(30)19-28-37-14-15-38-28)18-33-11-7-6-10-24(33)23-17-27-26(16-20(23)2)35-12-13-36-27/h4-5,8-9,16-17,24,28H,3,6-7,10-15,18-19H2,1-2H3. The van der Waals surface area contributed by atoms with E-state index in [1.54, 1.807) is 0 Å². The lowest BCUT2D eigenvalue weighted by Gasteiger charge is -2.37. The van der Waals surface area contributed by atoms with Gasteiger partial charge in [0.15, 0.2) is 22.9 Å². The minimum Gasteiger partial charge on any atom is -0.486 e. The fraction of sp³-hybridized carbons (Fsp3) is 0.500. The van der Waals surface area contributed by atoms with E-state index in [-0.39, 0.29) is 12.3 Å². The molecule has 0 saturated carbocycles. The third-order valence-electron chi connectivity index (χ3n) is 7.94. The van der Waals surface area contributed by atoms with Crippen LogP contribution in [-0.4, -0.2) is 53.7 Å². The van der Waals surface area contributed by atoms with Gasteiger partial charge in [0.05, 0.1) is 25.5 Å². The topological polar surface area (TPSA) is 58.0 Å². The summed E-state index contributed by atoms with van der Waals surface area (Å²) in [4.78, 5) is 7.47. The van der Waals surface area contributed by atoms with Crippen molar-refractivity contribution < 1.29 is 18.9 Å². The van der Waals surface area contributed by atoms with E-state index in [4.69, 9.17) is 35.5 Å². The van der Waals surface area contributed by atoms with Crippen LogP contribution in [0.5, 0.6) is 11.5 Å². The monoisotopic (exact) mass is 537 g/mol. The third-order valence-corrected chi connectivity index (χ3v) is 8.24.